The van der Waals surface area contributed by atoms with Crippen molar-refractivity contribution in [3.05, 3.63) is 131 Å². The first-order valence-corrected chi connectivity index (χ1v) is 20.3. The second-order valence-corrected chi connectivity index (χ2v) is 14.8. The number of benzene rings is 6. The maximum Gasteiger partial charge on any atom is 0.198 e. The molecule has 276 valence electrons. The highest BCUT2D eigenvalue weighted by atomic mass is 16.5. The lowest BCUT2D eigenvalue weighted by Crippen LogP contribution is -2.28. The molecule has 0 saturated heterocycles. The van der Waals surface area contributed by atoms with Gasteiger partial charge in [0.1, 0.15) is 11.5 Å². The van der Waals surface area contributed by atoms with Crippen molar-refractivity contribution in [1.82, 2.24) is 0 Å². The number of ketones is 1. The molecule has 0 radical (unpaired) electrons. The maximum atomic E-state index is 16.1. The predicted octanol–water partition coefficient (Wildman–Crippen LogP) is 12.5. The highest BCUT2D eigenvalue weighted by Gasteiger charge is 2.32. The highest BCUT2D eigenvalue weighted by Crippen LogP contribution is 2.47. The predicted molar refractivity (Wildman–Crippen MR) is 225 cm³/mol. The van der Waals surface area contributed by atoms with Gasteiger partial charge in [-0.25, -0.2) is 0 Å². The minimum absolute atomic E-state index is 0.0218. The number of carbonyl (C=O) groups is 1. The summed E-state index contributed by atoms with van der Waals surface area (Å²) >= 11 is 0. The lowest BCUT2D eigenvalue weighted by molar-refractivity contribution is 0.104. The summed E-state index contributed by atoms with van der Waals surface area (Å²) in [7, 11) is 0. The van der Waals surface area contributed by atoms with Gasteiger partial charge in [-0.3, -0.25) is 4.79 Å². The van der Waals surface area contributed by atoms with Gasteiger partial charge < -0.3 is 19.3 Å². The Morgan fingerprint density at radius 3 is 1.37 bits per heavy atom. The second kappa shape index (κ2) is 16.4. The number of rotatable bonds is 14. The first kappa shape index (κ1) is 35.7. The van der Waals surface area contributed by atoms with E-state index in [0.29, 0.717) is 13.2 Å². The topological polar surface area (TPSA) is 42.0 Å². The summed E-state index contributed by atoms with van der Waals surface area (Å²) in [5.41, 5.74) is 8.19. The van der Waals surface area contributed by atoms with E-state index in [1.165, 1.54) is 11.1 Å². The smallest absolute Gasteiger partial charge is 0.198 e. The van der Waals surface area contributed by atoms with Gasteiger partial charge in [-0.1, -0.05) is 124 Å². The first-order chi connectivity index (χ1) is 26.7. The SMILES string of the molecule is CCCCCOc1cc(N2CCCc3ccccc32)c(C(=O)c2c(N3CCCc4ccccc43)cc(OCCCCC)c3ccccc23)c2ccccc12. The minimum Gasteiger partial charge on any atom is -0.493 e. The summed E-state index contributed by atoms with van der Waals surface area (Å²) in [4.78, 5) is 20.9. The lowest BCUT2D eigenvalue weighted by atomic mass is 9.88. The van der Waals surface area contributed by atoms with Crippen LogP contribution in [0, 0.1) is 0 Å². The van der Waals surface area contributed by atoms with Crippen LogP contribution in [0.1, 0.15) is 92.3 Å². The molecule has 0 saturated carbocycles. The number of carbonyl (C=O) groups excluding carboxylic acids is 1. The van der Waals surface area contributed by atoms with E-state index >= 15 is 4.79 Å². The third kappa shape index (κ3) is 6.93. The summed E-state index contributed by atoms with van der Waals surface area (Å²) in [6.45, 7) is 7.36. The zero-order chi connectivity index (χ0) is 36.9. The summed E-state index contributed by atoms with van der Waals surface area (Å²) in [6, 6.07) is 38.3. The van der Waals surface area contributed by atoms with Gasteiger partial charge in [0, 0.05) is 47.4 Å². The molecule has 0 amide bonds. The van der Waals surface area contributed by atoms with E-state index in [0.717, 1.165) is 144 Å². The fourth-order valence-corrected chi connectivity index (χ4v) is 8.56. The molecule has 2 aliphatic heterocycles. The third-order valence-corrected chi connectivity index (χ3v) is 11.2. The molecule has 5 heteroatoms. The van der Waals surface area contributed by atoms with Crippen LogP contribution in [-0.4, -0.2) is 32.1 Å². The van der Waals surface area contributed by atoms with Gasteiger partial charge in [0.2, 0.25) is 0 Å². The Morgan fingerprint density at radius 2 is 0.926 bits per heavy atom. The summed E-state index contributed by atoms with van der Waals surface area (Å²) in [6.07, 6.45) is 10.5. The van der Waals surface area contributed by atoms with Gasteiger partial charge in [-0.15, -0.1) is 0 Å². The van der Waals surface area contributed by atoms with Gasteiger partial charge >= 0.3 is 0 Å². The molecular weight excluding hydrogens is 665 g/mol. The molecule has 2 heterocycles. The molecule has 0 unspecified atom stereocenters. The Hall–Kier alpha value is -5.29. The van der Waals surface area contributed by atoms with Crippen LogP contribution < -0.4 is 19.3 Å². The molecule has 0 atom stereocenters. The number of nitrogens with zero attached hydrogens (tertiary/aromatic N) is 2. The molecule has 2 aliphatic rings. The molecule has 0 N–H and O–H groups in total. The van der Waals surface area contributed by atoms with Crippen molar-refractivity contribution in [2.24, 2.45) is 0 Å². The number of unbranched alkanes of at least 4 members (excludes halogenated alkanes) is 4. The monoisotopic (exact) mass is 716 g/mol. The molecule has 5 nitrogen and oxygen atoms in total. The number of hydrogen-bond donors (Lipinski definition) is 0. The number of ether oxygens (including phenoxy) is 2. The third-order valence-electron chi connectivity index (χ3n) is 11.2. The minimum atomic E-state index is 0.0218. The Morgan fingerprint density at radius 1 is 0.519 bits per heavy atom. The number of para-hydroxylation sites is 2. The van der Waals surface area contributed by atoms with Crippen molar-refractivity contribution < 1.29 is 14.3 Å². The second-order valence-electron chi connectivity index (χ2n) is 14.8. The van der Waals surface area contributed by atoms with Crippen molar-refractivity contribution in [3.63, 3.8) is 0 Å². The molecule has 54 heavy (non-hydrogen) atoms. The van der Waals surface area contributed by atoms with Gasteiger partial charge in [-0.05, 0) is 72.6 Å². The Kier molecular flexibility index (Phi) is 10.8. The van der Waals surface area contributed by atoms with Gasteiger partial charge in [0.15, 0.2) is 5.78 Å². The summed E-state index contributed by atoms with van der Waals surface area (Å²) in [5.74, 6) is 1.69. The van der Waals surface area contributed by atoms with Crippen molar-refractivity contribution in [1.29, 1.82) is 0 Å². The van der Waals surface area contributed by atoms with Crippen molar-refractivity contribution in [2.75, 3.05) is 36.1 Å². The standard InChI is InChI=1S/C49H52N2O3/c1-3-5-15-31-53-45-33-43(50-29-17-21-35-19-7-13-27-41(35)50)47(39-25-11-9-23-37(39)45)49(52)48-40-26-12-10-24-38(40)46(54-32-16-6-4-2)34-44(48)51-30-18-22-36-20-8-14-28-42(36)51/h7-14,19-20,23-28,33-34H,3-6,15-18,21-22,29-32H2,1-2H3. The Bertz CT molecular complexity index is 2120. The van der Waals surface area contributed by atoms with Crippen LogP contribution in [0.5, 0.6) is 11.5 Å². The maximum absolute atomic E-state index is 16.1. The average molecular weight is 717 g/mol. The molecule has 0 spiro atoms. The van der Waals surface area contributed by atoms with Crippen molar-refractivity contribution in [2.45, 2.75) is 78.1 Å². The molecule has 0 fully saturated rings. The van der Waals surface area contributed by atoms with Crippen LogP contribution in [-0.2, 0) is 12.8 Å². The van der Waals surface area contributed by atoms with Crippen LogP contribution in [0.3, 0.4) is 0 Å². The van der Waals surface area contributed by atoms with Crippen LogP contribution in [0.15, 0.2) is 109 Å². The van der Waals surface area contributed by atoms with E-state index in [1.807, 2.05) is 0 Å². The van der Waals surface area contributed by atoms with Gasteiger partial charge in [-0.2, -0.15) is 0 Å². The number of anilines is 4. The van der Waals surface area contributed by atoms with Crippen LogP contribution >= 0.6 is 0 Å². The van der Waals surface area contributed by atoms with E-state index < -0.39 is 0 Å². The zero-order valence-electron chi connectivity index (χ0n) is 31.9. The number of fused-ring (bicyclic) bond motifs is 4. The largest absolute Gasteiger partial charge is 0.493 e. The van der Waals surface area contributed by atoms with E-state index in [-0.39, 0.29) is 5.78 Å². The van der Waals surface area contributed by atoms with E-state index in [9.17, 15) is 0 Å². The molecule has 6 aromatic rings. The van der Waals surface area contributed by atoms with Crippen molar-refractivity contribution >= 4 is 50.1 Å². The quantitative estimate of drug-likeness (QED) is 0.0829. The van der Waals surface area contributed by atoms with Crippen molar-refractivity contribution in [3.8, 4) is 11.5 Å². The molecule has 0 aromatic heterocycles. The first-order valence-electron chi connectivity index (χ1n) is 20.3. The van der Waals surface area contributed by atoms with E-state index in [2.05, 4.69) is 133 Å². The van der Waals surface area contributed by atoms with Crippen LogP contribution in [0.25, 0.3) is 21.5 Å². The summed E-state index contributed by atoms with van der Waals surface area (Å²) < 4.78 is 13.2. The molecule has 0 bridgehead atoms. The molecule has 8 rings (SSSR count). The number of hydrogen-bond acceptors (Lipinski definition) is 5. The zero-order valence-corrected chi connectivity index (χ0v) is 31.9. The normalized spacial score (nSPS) is 13.9. The van der Waals surface area contributed by atoms with Crippen LogP contribution in [0.2, 0.25) is 0 Å². The summed E-state index contributed by atoms with van der Waals surface area (Å²) in [5, 5.41) is 3.78. The van der Waals surface area contributed by atoms with Gasteiger partial charge in [0.05, 0.1) is 35.7 Å². The number of aryl methyl sites for hydroxylation is 2. The molecular formula is C49H52N2O3. The fourth-order valence-electron chi connectivity index (χ4n) is 8.56. The van der Waals surface area contributed by atoms with E-state index in [4.69, 9.17) is 9.47 Å². The highest BCUT2D eigenvalue weighted by molar-refractivity contribution is 6.28. The lowest BCUT2D eigenvalue weighted by Gasteiger charge is -2.35. The molecule has 6 aromatic carbocycles. The Labute approximate surface area is 320 Å². The van der Waals surface area contributed by atoms with Gasteiger partial charge in [0.25, 0.3) is 0 Å². The molecule has 0 aliphatic carbocycles. The fraction of sp³-hybridized carbons (Fsp3) is 0.327. The average Bonchev–Trinajstić information content (AvgIpc) is 3.22. The Balaban J connectivity index is 1.38. The van der Waals surface area contributed by atoms with Crippen LogP contribution in [0.4, 0.5) is 22.7 Å². The van der Waals surface area contributed by atoms with E-state index in [1.54, 1.807) is 0 Å².